The SMILES string of the molecule is O=C(c1c(Cl)nc2ccccn12)N(Cc1ccccc1F)c1cn[nH]c1. The van der Waals surface area contributed by atoms with Crippen molar-refractivity contribution in [3.63, 3.8) is 0 Å². The summed E-state index contributed by atoms with van der Waals surface area (Å²) < 4.78 is 15.7. The molecule has 1 amide bonds. The van der Waals surface area contributed by atoms with Gasteiger partial charge in [-0.05, 0) is 18.2 Å². The normalized spacial score (nSPS) is 11.0. The van der Waals surface area contributed by atoms with Crippen molar-refractivity contribution in [1.82, 2.24) is 19.6 Å². The van der Waals surface area contributed by atoms with Gasteiger partial charge in [-0.1, -0.05) is 35.9 Å². The van der Waals surface area contributed by atoms with Gasteiger partial charge in [-0.3, -0.25) is 19.2 Å². The number of halogens is 2. The molecule has 1 N–H and O–H groups in total. The van der Waals surface area contributed by atoms with Crippen molar-refractivity contribution in [3.05, 3.63) is 83.3 Å². The number of amides is 1. The molecule has 0 radical (unpaired) electrons. The molecule has 3 heterocycles. The van der Waals surface area contributed by atoms with Crippen LogP contribution in [0.4, 0.5) is 10.1 Å². The number of H-pyrrole nitrogens is 1. The zero-order valence-electron chi connectivity index (χ0n) is 13.4. The number of hydrogen-bond acceptors (Lipinski definition) is 3. The number of nitrogens with zero attached hydrogens (tertiary/aromatic N) is 4. The van der Waals surface area contributed by atoms with Gasteiger partial charge in [-0.25, -0.2) is 9.37 Å². The molecule has 4 aromatic rings. The molecule has 0 saturated carbocycles. The summed E-state index contributed by atoms with van der Waals surface area (Å²) in [4.78, 5) is 18.9. The number of aromatic nitrogens is 4. The molecule has 0 aliphatic rings. The zero-order chi connectivity index (χ0) is 18.1. The van der Waals surface area contributed by atoms with E-state index in [1.54, 1.807) is 53.2 Å². The average Bonchev–Trinajstić information content (AvgIpc) is 3.27. The molecule has 0 saturated heterocycles. The lowest BCUT2D eigenvalue weighted by Crippen LogP contribution is -2.31. The van der Waals surface area contributed by atoms with Crippen LogP contribution in [0.25, 0.3) is 5.65 Å². The van der Waals surface area contributed by atoms with Gasteiger partial charge in [0.25, 0.3) is 5.91 Å². The maximum atomic E-state index is 14.1. The highest BCUT2D eigenvalue weighted by Crippen LogP contribution is 2.24. The van der Waals surface area contributed by atoms with Gasteiger partial charge in [0.15, 0.2) is 10.8 Å². The summed E-state index contributed by atoms with van der Waals surface area (Å²) in [5.41, 5.74) is 1.64. The number of imidazole rings is 1. The van der Waals surface area contributed by atoms with Crippen LogP contribution in [0, 0.1) is 5.82 Å². The zero-order valence-corrected chi connectivity index (χ0v) is 14.2. The minimum Gasteiger partial charge on any atom is -0.299 e. The number of aromatic amines is 1. The van der Waals surface area contributed by atoms with E-state index in [1.165, 1.54) is 17.2 Å². The third kappa shape index (κ3) is 2.82. The lowest BCUT2D eigenvalue weighted by atomic mass is 10.2. The third-order valence-electron chi connectivity index (χ3n) is 4.02. The van der Waals surface area contributed by atoms with Crippen LogP contribution in [0.5, 0.6) is 0 Å². The lowest BCUT2D eigenvalue weighted by Gasteiger charge is -2.21. The second kappa shape index (κ2) is 6.61. The Labute approximate surface area is 152 Å². The monoisotopic (exact) mass is 369 g/mol. The van der Waals surface area contributed by atoms with E-state index in [0.29, 0.717) is 16.9 Å². The third-order valence-corrected chi connectivity index (χ3v) is 4.28. The van der Waals surface area contributed by atoms with Gasteiger partial charge in [0.05, 0.1) is 18.4 Å². The summed E-state index contributed by atoms with van der Waals surface area (Å²) >= 11 is 6.23. The Hall–Kier alpha value is -3.19. The maximum absolute atomic E-state index is 14.1. The van der Waals surface area contributed by atoms with Crippen LogP contribution in [0.3, 0.4) is 0 Å². The molecule has 0 atom stereocenters. The Bertz CT molecular complexity index is 1080. The quantitative estimate of drug-likeness (QED) is 0.596. The molecule has 0 bridgehead atoms. The Morgan fingerprint density at radius 3 is 2.81 bits per heavy atom. The molecule has 3 aromatic heterocycles. The van der Waals surface area contributed by atoms with Crippen LogP contribution in [0.2, 0.25) is 5.15 Å². The van der Waals surface area contributed by atoms with Gasteiger partial charge in [0.1, 0.15) is 11.5 Å². The highest BCUT2D eigenvalue weighted by molar-refractivity contribution is 6.33. The predicted molar refractivity (Wildman–Crippen MR) is 95.7 cm³/mol. The standard InChI is InChI=1S/C18H13ClFN5O/c19-17-16(24-8-4-3-7-15(24)23-17)18(26)25(13-9-21-22-10-13)11-12-5-1-2-6-14(12)20/h1-10H,11H2,(H,21,22). The van der Waals surface area contributed by atoms with Crippen LogP contribution in [0.1, 0.15) is 16.1 Å². The number of benzene rings is 1. The molecular weight excluding hydrogens is 357 g/mol. The fourth-order valence-electron chi connectivity index (χ4n) is 2.76. The van der Waals surface area contributed by atoms with Crippen LogP contribution in [-0.2, 0) is 6.54 Å². The number of fused-ring (bicyclic) bond motifs is 1. The number of carbonyl (C=O) groups excluding carboxylic acids is 1. The minimum atomic E-state index is -0.404. The fraction of sp³-hybridized carbons (Fsp3) is 0.0556. The second-order valence-electron chi connectivity index (χ2n) is 5.62. The molecule has 0 unspecified atom stereocenters. The summed E-state index contributed by atoms with van der Waals surface area (Å²) in [7, 11) is 0. The number of rotatable bonds is 4. The number of carbonyl (C=O) groups is 1. The van der Waals surface area contributed by atoms with Crippen molar-refractivity contribution in [3.8, 4) is 0 Å². The Balaban J connectivity index is 1.80. The van der Waals surface area contributed by atoms with Gasteiger partial charge in [0.2, 0.25) is 0 Å². The van der Waals surface area contributed by atoms with Gasteiger partial charge < -0.3 is 0 Å². The van der Waals surface area contributed by atoms with E-state index in [4.69, 9.17) is 11.6 Å². The van der Waals surface area contributed by atoms with Gasteiger partial charge in [-0.15, -0.1) is 0 Å². The van der Waals surface area contributed by atoms with E-state index in [-0.39, 0.29) is 17.4 Å². The van der Waals surface area contributed by atoms with Crippen LogP contribution in [0.15, 0.2) is 61.1 Å². The second-order valence-corrected chi connectivity index (χ2v) is 5.98. The smallest absolute Gasteiger partial charge is 0.278 e. The first kappa shape index (κ1) is 16.3. The van der Waals surface area contributed by atoms with E-state index in [0.717, 1.165) is 0 Å². The van der Waals surface area contributed by atoms with Crippen LogP contribution >= 0.6 is 11.6 Å². The Morgan fingerprint density at radius 2 is 2.04 bits per heavy atom. The Morgan fingerprint density at radius 1 is 1.23 bits per heavy atom. The molecule has 26 heavy (non-hydrogen) atoms. The molecule has 0 spiro atoms. The van der Waals surface area contributed by atoms with Crippen molar-refractivity contribution in [1.29, 1.82) is 0 Å². The first-order valence-corrected chi connectivity index (χ1v) is 8.19. The van der Waals surface area contributed by atoms with E-state index in [1.807, 2.05) is 0 Å². The number of pyridine rings is 1. The van der Waals surface area contributed by atoms with Gasteiger partial charge >= 0.3 is 0 Å². The first-order valence-electron chi connectivity index (χ1n) is 7.82. The predicted octanol–water partition coefficient (Wildman–Crippen LogP) is 3.70. The fourth-order valence-corrected chi connectivity index (χ4v) is 3.01. The van der Waals surface area contributed by atoms with Gasteiger partial charge in [-0.2, -0.15) is 5.10 Å². The summed E-state index contributed by atoms with van der Waals surface area (Å²) in [5.74, 6) is -0.795. The molecule has 0 fully saturated rings. The topological polar surface area (TPSA) is 66.3 Å². The molecular formula is C18H13ClFN5O. The largest absolute Gasteiger partial charge is 0.299 e. The van der Waals surface area contributed by atoms with Crippen molar-refractivity contribution in [2.45, 2.75) is 6.54 Å². The van der Waals surface area contributed by atoms with E-state index >= 15 is 0 Å². The van der Waals surface area contributed by atoms with Crippen LogP contribution in [-0.4, -0.2) is 25.5 Å². The van der Waals surface area contributed by atoms with Crippen molar-refractivity contribution in [2.24, 2.45) is 0 Å². The molecule has 1 aromatic carbocycles. The van der Waals surface area contributed by atoms with E-state index in [2.05, 4.69) is 15.2 Å². The minimum absolute atomic E-state index is 0.0292. The molecule has 0 aliphatic heterocycles. The van der Waals surface area contributed by atoms with E-state index < -0.39 is 11.7 Å². The molecule has 4 rings (SSSR count). The summed E-state index contributed by atoms with van der Waals surface area (Å²) in [6.07, 6.45) is 4.77. The summed E-state index contributed by atoms with van der Waals surface area (Å²) in [6, 6.07) is 11.6. The maximum Gasteiger partial charge on any atom is 0.278 e. The van der Waals surface area contributed by atoms with Crippen molar-refractivity contribution >= 4 is 28.8 Å². The van der Waals surface area contributed by atoms with Crippen molar-refractivity contribution in [2.75, 3.05) is 4.90 Å². The highest BCUT2D eigenvalue weighted by atomic mass is 35.5. The number of nitrogens with one attached hydrogen (secondary N) is 1. The summed E-state index contributed by atoms with van der Waals surface area (Å²) in [5, 5.41) is 6.64. The van der Waals surface area contributed by atoms with Gasteiger partial charge in [0, 0.05) is 18.0 Å². The van der Waals surface area contributed by atoms with E-state index in [9.17, 15) is 9.18 Å². The van der Waals surface area contributed by atoms with Crippen LogP contribution < -0.4 is 4.90 Å². The highest BCUT2D eigenvalue weighted by Gasteiger charge is 2.26. The lowest BCUT2D eigenvalue weighted by molar-refractivity contribution is 0.0979. The number of hydrogen-bond donors (Lipinski definition) is 1. The average molecular weight is 370 g/mol. The molecule has 0 aliphatic carbocycles. The molecule has 8 heteroatoms. The molecule has 130 valence electrons. The number of anilines is 1. The molecule has 6 nitrogen and oxygen atoms in total. The Kier molecular flexibility index (Phi) is 4.14. The first-order chi connectivity index (χ1) is 12.6. The van der Waals surface area contributed by atoms with Crippen molar-refractivity contribution < 1.29 is 9.18 Å². The summed E-state index contributed by atoms with van der Waals surface area (Å²) in [6.45, 7) is 0.0292.